The second-order valence-electron chi connectivity index (χ2n) is 6.00. The van der Waals surface area contributed by atoms with Gasteiger partial charge in [0.2, 0.25) is 0 Å². The Morgan fingerprint density at radius 3 is 2.70 bits per heavy atom. The van der Waals surface area contributed by atoms with Crippen molar-refractivity contribution in [2.45, 2.75) is 18.4 Å². The minimum Gasteiger partial charge on any atom is -0.372 e. The van der Waals surface area contributed by atoms with Gasteiger partial charge in [0, 0.05) is 17.5 Å². The molecule has 0 aromatic heterocycles. The minimum atomic E-state index is -0.386. The van der Waals surface area contributed by atoms with Gasteiger partial charge in [-0.2, -0.15) is 0 Å². The molecular formula is C18H15FN2O2. The first-order valence-corrected chi connectivity index (χ1v) is 7.61. The van der Waals surface area contributed by atoms with E-state index in [1.807, 2.05) is 6.07 Å². The fraction of sp³-hybridized carbons (Fsp3) is 0.222. The Morgan fingerprint density at radius 2 is 1.91 bits per heavy atom. The van der Waals surface area contributed by atoms with E-state index >= 15 is 0 Å². The molecule has 1 aliphatic heterocycles. The number of rotatable bonds is 2. The van der Waals surface area contributed by atoms with Crippen molar-refractivity contribution in [3.05, 3.63) is 81.7 Å². The third-order valence-corrected chi connectivity index (χ3v) is 4.81. The Hall–Kier alpha value is -2.69. The van der Waals surface area contributed by atoms with Gasteiger partial charge in [0.25, 0.3) is 5.69 Å². The molecule has 0 bridgehead atoms. The van der Waals surface area contributed by atoms with Gasteiger partial charge >= 0.3 is 0 Å². The van der Waals surface area contributed by atoms with Crippen LogP contribution in [0.4, 0.5) is 15.8 Å². The van der Waals surface area contributed by atoms with Crippen LogP contribution in [0.15, 0.2) is 54.6 Å². The molecular weight excluding hydrogens is 295 g/mol. The molecule has 116 valence electrons. The maximum Gasteiger partial charge on any atom is 0.292 e. The second kappa shape index (κ2) is 5.19. The highest BCUT2D eigenvalue weighted by molar-refractivity contribution is 5.71. The van der Waals surface area contributed by atoms with Gasteiger partial charge < -0.3 is 5.32 Å². The molecule has 2 aromatic carbocycles. The Kier molecular flexibility index (Phi) is 3.15. The van der Waals surface area contributed by atoms with Crippen molar-refractivity contribution in [2.75, 3.05) is 5.32 Å². The van der Waals surface area contributed by atoms with Crippen LogP contribution in [0.2, 0.25) is 0 Å². The van der Waals surface area contributed by atoms with Crippen LogP contribution in [0.5, 0.6) is 0 Å². The molecule has 2 aliphatic rings. The molecule has 4 nitrogen and oxygen atoms in total. The predicted octanol–water partition coefficient (Wildman–Crippen LogP) is 4.56. The number of benzene rings is 2. The molecule has 0 saturated heterocycles. The van der Waals surface area contributed by atoms with Crippen molar-refractivity contribution in [3.8, 4) is 0 Å². The standard InChI is InChI=1S/C18H15FN2O2/c19-15-9-2-1-5-14(15)17-12-7-3-6-11(12)13-8-4-10-16(21(22)23)18(13)20-17/h1-6,8-12,17,20H,7H2/t11-,12+,17+/m1/s1. The lowest BCUT2D eigenvalue weighted by Crippen LogP contribution is -2.30. The molecule has 0 fully saturated rings. The monoisotopic (exact) mass is 310 g/mol. The minimum absolute atomic E-state index is 0.0441. The largest absolute Gasteiger partial charge is 0.372 e. The van der Waals surface area contributed by atoms with E-state index in [1.165, 1.54) is 12.1 Å². The summed E-state index contributed by atoms with van der Waals surface area (Å²) in [5.41, 5.74) is 2.04. The predicted molar refractivity (Wildman–Crippen MR) is 85.8 cm³/mol. The molecule has 1 N–H and O–H groups in total. The van der Waals surface area contributed by atoms with Crippen molar-refractivity contribution in [2.24, 2.45) is 5.92 Å². The number of para-hydroxylation sites is 1. The van der Waals surface area contributed by atoms with Gasteiger partial charge in [-0.15, -0.1) is 0 Å². The van der Waals surface area contributed by atoms with Crippen LogP contribution in [-0.2, 0) is 0 Å². The first-order chi connectivity index (χ1) is 11.2. The number of allylic oxidation sites excluding steroid dienone is 2. The van der Waals surface area contributed by atoms with E-state index in [1.54, 1.807) is 24.3 Å². The molecule has 2 aromatic rings. The highest BCUT2D eigenvalue weighted by Crippen LogP contribution is 2.52. The second-order valence-corrected chi connectivity index (χ2v) is 6.00. The lowest BCUT2D eigenvalue weighted by Gasteiger charge is -2.37. The molecule has 1 heterocycles. The summed E-state index contributed by atoms with van der Waals surface area (Å²) < 4.78 is 14.3. The quantitative estimate of drug-likeness (QED) is 0.502. The van der Waals surface area contributed by atoms with E-state index in [9.17, 15) is 14.5 Å². The molecule has 0 spiro atoms. The normalized spacial score (nSPS) is 24.7. The summed E-state index contributed by atoms with van der Waals surface area (Å²) in [6, 6.07) is 11.5. The summed E-state index contributed by atoms with van der Waals surface area (Å²) in [5.74, 6) is -0.0326. The van der Waals surface area contributed by atoms with E-state index in [0.29, 0.717) is 11.3 Å². The molecule has 0 amide bonds. The summed E-state index contributed by atoms with van der Waals surface area (Å²) in [6.45, 7) is 0. The van der Waals surface area contributed by atoms with Gasteiger partial charge in [0.15, 0.2) is 0 Å². The van der Waals surface area contributed by atoms with Gasteiger partial charge in [-0.05, 0) is 24.0 Å². The number of nitrogens with zero attached hydrogens (tertiary/aromatic N) is 1. The van der Waals surface area contributed by atoms with Crippen LogP contribution in [0.3, 0.4) is 0 Å². The fourth-order valence-corrected chi connectivity index (χ4v) is 3.79. The summed E-state index contributed by atoms with van der Waals surface area (Å²) in [6.07, 6.45) is 5.00. The number of fused-ring (bicyclic) bond motifs is 3. The summed E-state index contributed by atoms with van der Waals surface area (Å²) >= 11 is 0. The van der Waals surface area contributed by atoms with Crippen LogP contribution in [0, 0.1) is 21.8 Å². The van der Waals surface area contributed by atoms with Crippen LogP contribution in [0.25, 0.3) is 0 Å². The number of hydrogen-bond acceptors (Lipinski definition) is 3. The lowest BCUT2D eigenvalue weighted by molar-refractivity contribution is -0.384. The van der Waals surface area contributed by atoms with Gasteiger partial charge in [0.1, 0.15) is 11.5 Å². The Bertz CT molecular complexity index is 818. The average molecular weight is 310 g/mol. The molecule has 3 atom stereocenters. The number of nitrogens with one attached hydrogen (secondary N) is 1. The number of nitro benzene ring substituents is 1. The van der Waals surface area contributed by atoms with E-state index in [-0.39, 0.29) is 34.3 Å². The van der Waals surface area contributed by atoms with Crippen LogP contribution >= 0.6 is 0 Å². The van der Waals surface area contributed by atoms with Gasteiger partial charge in [0.05, 0.1) is 11.0 Å². The number of anilines is 1. The van der Waals surface area contributed by atoms with Gasteiger partial charge in [-0.3, -0.25) is 10.1 Å². The number of hydrogen-bond donors (Lipinski definition) is 1. The fourth-order valence-electron chi connectivity index (χ4n) is 3.79. The SMILES string of the molecule is O=[N+]([O-])c1cccc2c1N[C@H](c1ccccc1F)[C@H]1CC=C[C@@H]21. The van der Waals surface area contributed by atoms with Crippen molar-refractivity contribution >= 4 is 11.4 Å². The topological polar surface area (TPSA) is 55.2 Å². The average Bonchev–Trinajstić information content (AvgIpc) is 3.04. The molecule has 1 aliphatic carbocycles. The molecule has 5 heteroatoms. The van der Waals surface area contributed by atoms with Crippen molar-refractivity contribution < 1.29 is 9.31 Å². The van der Waals surface area contributed by atoms with E-state index in [0.717, 1.165) is 12.0 Å². The first-order valence-electron chi connectivity index (χ1n) is 7.61. The Balaban J connectivity index is 1.87. The maximum atomic E-state index is 14.3. The first kappa shape index (κ1) is 13.9. The van der Waals surface area contributed by atoms with Gasteiger partial charge in [-0.25, -0.2) is 4.39 Å². The summed E-state index contributed by atoms with van der Waals surface area (Å²) in [7, 11) is 0. The maximum absolute atomic E-state index is 14.3. The molecule has 0 unspecified atom stereocenters. The highest BCUT2D eigenvalue weighted by Gasteiger charge is 2.41. The number of nitro groups is 1. The third-order valence-electron chi connectivity index (χ3n) is 4.81. The zero-order valence-corrected chi connectivity index (χ0v) is 12.3. The Labute approximate surface area is 132 Å². The van der Waals surface area contributed by atoms with Crippen LogP contribution in [-0.4, -0.2) is 4.92 Å². The van der Waals surface area contributed by atoms with Crippen LogP contribution in [0.1, 0.15) is 29.5 Å². The van der Waals surface area contributed by atoms with E-state index in [4.69, 9.17) is 0 Å². The van der Waals surface area contributed by atoms with Crippen molar-refractivity contribution in [1.29, 1.82) is 0 Å². The zero-order chi connectivity index (χ0) is 16.0. The Morgan fingerprint density at radius 1 is 1.13 bits per heavy atom. The molecule has 4 rings (SSSR count). The van der Waals surface area contributed by atoms with Gasteiger partial charge in [-0.1, -0.05) is 42.5 Å². The number of halogens is 1. The molecule has 0 radical (unpaired) electrons. The smallest absolute Gasteiger partial charge is 0.292 e. The zero-order valence-electron chi connectivity index (χ0n) is 12.3. The van der Waals surface area contributed by atoms with E-state index < -0.39 is 0 Å². The third kappa shape index (κ3) is 2.11. The molecule has 23 heavy (non-hydrogen) atoms. The van der Waals surface area contributed by atoms with Crippen molar-refractivity contribution in [1.82, 2.24) is 0 Å². The van der Waals surface area contributed by atoms with Crippen LogP contribution < -0.4 is 5.32 Å². The summed E-state index contributed by atoms with van der Waals surface area (Å²) in [4.78, 5) is 11.0. The summed E-state index contributed by atoms with van der Waals surface area (Å²) in [5, 5.41) is 14.6. The lowest BCUT2D eigenvalue weighted by atomic mass is 9.76. The van der Waals surface area contributed by atoms with Crippen molar-refractivity contribution in [3.63, 3.8) is 0 Å². The van der Waals surface area contributed by atoms with E-state index in [2.05, 4.69) is 17.5 Å². The molecule has 0 saturated carbocycles. The highest BCUT2D eigenvalue weighted by atomic mass is 19.1.